The highest BCUT2D eigenvalue weighted by molar-refractivity contribution is 5.43. The fraction of sp³-hybridized carbons (Fsp3) is 0.438. The molecule has 0 fully saturated rings. The van der Waals surface area contributed by atoms with Crippen LogP contribution >= 0.6 is 0 Å². The number of hydrogen-bond donors (Lipinski definition) is 1. The van der Waals surface area contributed by atoms with Crippen LogP contribution in [0.1, 0.15) is 42.6 Å². The van der Waals surface area contributed by atoms with Gasteiger partial charge in [0.15, 0.2) is 0 Å². The van der Waals surface area contributed by atoms with Crippen molar-refractivity contribution in [3.05, 3.63) is 47.5 Å². The largest absolute Gasteiger partial charge is 0.487 e. The number of aromatic nitrogens is 2. The fourth-order valence-electron chi connectivity index (χ4n) is 2.89. The van der Waals surface area contributed by atoms with Gasteiger partial charge < -0.3 is 15.0 Å². The Hall–Kier alpha value is -1.81. The predicted molar refractivity (Wildman–Crippen MR) is 78.5 cm³/mol. The Kier molecular flexibility index (Phi) is 3.74. The summed E-state index contributed by atoms with van der Waals surface area (Å²) in [6.07, 6.45) is 6.98. The highest BCUT2D eigenvalue weighted by atomic mass is 16.5. The zero-order valence-electron chi connectivity index (χ0n) is 11.9. The lowest BCUT2D eigenvalue weighted by Gasteiger charge is -2.24. The summed E-state index contributed by atoms with van der Waals surface area (Å²) in [6.45, 7) is 3.57. The molecule has 2 N–H and O–H groups in total. The average Bonchev–Trinajstić information content (AvgIpc) is 2.93. The lowest BCUT2D eigenvalue weighted by Crippen LogP contribution is -2.18. The quantitative estimate of drug-likeness (QED) is 0.930. The molecule has 3 rings (SSSR count). The van der Waals surface area contributed by atoms with E-state index in [0.717, 1.165) is 37.3 Å². The molecular weight excluding hydrogens is 250 g/mol. The summed E-state index contributed by atoms with van der Waals surface area (Å²) in [7, 11) is 0. The molecule has 1 unspecified atom stereocenters. The molecule has 0 aliphatic heterocycles. The van der Waals surface area contributed by atoms with Crippen LogP contribution in [0.15, 0.2) is 30.7 Å². The van der Waals surface area contributed by atoms with Crippen LogP contribution in [0.25, 0.3) is 0 Å². The van der Waals surface area contributed by atoms with Crippen molar-refractivity contribution in [2.24, 2.45) is 5.73 Å². The van der Waals surface area contributed by atoms with Crippen molar-refractivity contribution in [2.45, 2.75) is 45.4 Å². The predicted octanol–water partition coefficient (Wildman–Crippen LogP) is 2.82. The summed E-state index contributed by atoms with van der Waals surface area (Å²) in [5.41, 5.74) is 9.82. The van der Waals surface area contributed by atoms with Crippen LogP contribution in [0.3, 0.4) is 0 Å². The van der Waals surface area contributed by atoms with Crippen molar-refractivity contribution in [1.29, 1.82) is 0 Å². The summed E-state index contributed by atoms with van der Waals surface area (Å²) in [5.74, 6) is 0.974. The highest BCUT2D eigenvalue weighted by Gasteiger charge is 2.19. The molecule has 0 spiro atoms. The zero-order valence-corrected chi connectivity index (χ0v) is 11.9. The van der Waals surface area contributed by atoms with Crippen molar-refractivity contribution in [3.8, 4) is 5.75 Å². The Morgan fingerprint density at radius 2 is 2.35 bits per heavy atom. The standard InChI is InChI=1S/C16H21N3O/c1-2-19-11-18-9-12(19)10-20-16-8-4-5-13-14(16)6-3-7-15(13)17/h4-5,8-9,11,15H,2-3,6-7,10,17H2,1H3. The van der Waals surface area contributed by atoms with Gasteiger partial charge in [-0.05, 0) is 43.4 Å². The number of fused-ring (bicyclic) bond motifs is 1. The van der Waals surface area contributed by atoms with E-state index >= 15 is 0 Å². The number of hydrogen-bond acceptors (Lipinski definition) is 3. The second-order valence-electron chi connectivity index (χ2n) is 5.28. The smallest absolute Gasteiger partial charge is 0.130 e. The molecule has 1 aliphatic rings. The number of ether oxygens (including phenoxy) is 1. The molecule has 2 aromatic rings. The molecule has 1 aromatic carbocycles. The molecule has 1 aliphatic carbocycles. The van der Waals surface area contributed by atoms with Crippen LogP contribution in [0, 0.1) is 0 Å². The third kappa shape index (κ3) is 2.43. The molecule has 0 radical (unpaired) electrons. The Morgan fingerprint density at radius 1 is 1.45 bits per heavy atom. The Morgan fingerprint density at radius 3 is 3.20 bits per heavy atom. The molecular formula is C16H21N3O. The molecule has 0 saturated carbocycles. The first-order valence-corrected chi connectivity index (χ1v) is 7.28. The molecule has 1 aromatic heterocycles. The number of aryl methyl sites for hydroxylation is 1. The van der Waals surface area contributed by atoms with Crippen LogP contribution in [-0.2, 0) is 19.6 Å². The lowest BCUT2D eigenvalue weighted by molar-refractivity contribution is 0.290. The highest BCUT2D eigenvalue weighted by Crippen LogP contribution is 2.34. The van der Waals surface area contributed by atoms with Gasteiger partial charge in [-0.1, -0.05) is 12.1 Å². The van der Waals surface area contributed by atoms with Crippen molar-refractivity contribution >= 4 is 0 Å². The van der Waals surface area contributed by atoms with Crippen LogP contribution < -0.4 is 10.5 Å². The maximum Gasteiger partial charge on any atom is 0.130 e. The molecule has 106 valence electrons. The van der Waals surface area contributed by atoms with Gasteiger partial charge in [0.2, 0.25) is 0 Å². The van der Waals surface area contributed by atoms with Crippen LogP contribution in [0.2, 0.25) is 0 Å². The van der Waals surface area contributed by atoms with Gasteiger partial charge in [-0.3, -0.25) is 0 Å². The Bertz CT molecular complexity index is 591. The SMILES string of the molecule is CCn1cncc1COc1cccc2c1CCCC2N. The first kappa shape index (κ1) is 13.2. The van der Waals surface area contributed by atoms with Gasteiger partial charge in [-0.15, -0.1) is 0 Å². The lowest BCUT2D eigenvalue weighted by atomic mass is 9.87. The molecule has 1 heterocycles. The number of nitrogens with two attached hydrogens (primary N) is 1. The van der Waals surface area contributed by atoms with Crippen LogP contribution in [0.4, 0.5) is 0 Å². The van der Waals surface area contributed by atoms with E-state index in [2.05, 4.69) is 22.5 Å². The molecule has 1 atom stereocenters. The van der Waals surface area contributed by atoms with Crippen molar-refractivity contribution < 1.29 is 4.74 Å². The van der Waals surface area contributed by atoms with Gasteiger partial charge in [0.25, 0.3) is 0 Å². The minimum Gasteiger partial charge on any atom is -0.487 e. The van der Waals surface area contributed by atoms with E-state index in [0.29, 0.717) is 6.61 Å². The van der Waals surface area contributed by atoms with E-state index in [1.54, 1.807) is 0 Å². The third-order valence-electron chi connectivity index (χ3n) is 4.03. The van der Waals surface area contributed by atoms with Gasteiger partial charge in [0, 0.05) is 12.6 Å². The summed E-state index contributed by atoms with van der Waals surface area (Å²) < 4.78 is 8.12. The van der Waals surface area contributed by atoms with E-state index in [-0.39, 0.29) is 6.04 Å². The molecule has 4 heteroatoms. The maximum atomic E-state index is 6.18. The van der Waals surface area contributed by atoms with Gasteiger partial charge in [0.05, 0.1) is 18.2 Å². The average molecular weight is 271 g/mol. The second-order valence-corrected chi connectivity index (χ2v) is 5.28. The molecule has 0 saturated heterocycles. The van der Waals surface area contributed by atoms with Gasteiger partial charge in [0.1, 0.15) is 12.4 Å². The minimum atomic E-state index is 0.156. The van der Waals surface area contributed by atoms with Crippen molar-refractivity contribution in [3.63, 3.8) is 0 Å². The fourth-order valence-corrected chi connectivity index (χ4v) is 2.89. The molecule has 20 heavy (non-hydrogen) atoms. The van der Waals surface area contributed by atoms with Gasteiger partial charge in [-0.25, -0.2) is 4.98 Å². The number of benzene rings is 1. The summed E-state index contributed by atoms with van der Waals surface area (Å²) in [5, 5.41) is 0. The molecule has 4 nitrogen and oxygen atoms in total. The number of nitrogens with zero attached hydrogens (tertiary/aromatic N) is 2. The summed E-state index contributed by atoms with van der Waals surface area (Å²) >= 11 is 0. The minimum absolute atomic E-state index is 0.156. The molecule has 0 amide bonds. The van der Waals surface area contributed by atoms with E-state index in [1.165, 1.54) is 11.1 Å². The van der Waals surface area contributed by atoms with Crippen molar-refractivity contribution in [2.75, 3.05) is 0 Å². The third-order valence-corrected chi connectivity index (χ3v) is 4.03. The van der Waals surface area contributed by atoms with Gasteiger partial charge >= 0.3 is 0 Å². The van der Waals surface area contributed by atoms with E-state index in [9.17, 15) is 0 Å². The Balaban J connectivity index is 1.80. The zero-order chi connectivity index (χ0) is 13.9. The van der Waals surface area contributed by atoms with E-state index in [1.807, 2.05) is 24.7 Å². The normalized spacial score (nSPS) is 17.8. The summed E-state index contributed by atoms with van der Waals surface area (Å²) in [6, 6.07) is 6.37. The van der Waals surface area contributed by atoms with Crippen molar-refractivity contribution in [1.82, 2.24) is 9.55 Å². The monoisotopic (exact) mass is 271 g/mol. The van der Waals surface area contributed by atoms with Gasteiger partial charge in [-0.2, -0.15) is 0 Å². The van der Waals surface area contributed by atoms with E-state index < -0.39 is 0 Å². The second kappa shape index (κ2) is 5.67. The topological polar surface area (TPSA) is 53.1 Å². The van der Waals surface area contributed by atoms with Crippen LogP contribution in [-0.4, -0.2) is 9.55 Å². The first-order valence-electron chi connectivity index (χ1n) is 7.28. The first-order chi connectivity index (χ1) is 9.79. The maximum absolute atomic E-state index is 6.18. The van der Waals surface area contributed by atoms with Crippen LogP contribution in [0.5, 0.6) is 5.75 Å². The summed E-state index contributed by atoms with van der Waals surface area (Å²) in [4.78, 5) is 4.17. The Labute approximate surface area is 119 Å². The number of rotatable bonds is 4. The molecule has 0 bridgehead atoms. The van der Waals surface area contributed by atoms with E-state index in [4.69, 9.17) is 10.5 Å². The number of imidazole rings is 1.